The molecule has 0 fully saturated rings. The lowest BCUT2D eigenvalue weighted by Crippen LogP contribution is -2.29. The van der Waals surface area contributed by atoms with Gasteiger partial charge in [-0.1, -0.05) is 42.5 Å². The summed E-state index contributed by atoms with van der Waals surface area (Å²) in [6, 6.07) is 19.6. The first kappa shape index (κ1) is 16.7. The number of thiophene rings is 1. The molecule has 1 aliphatic rings. The first-order valence-corrected chi connectivity index (χ1v) is 9.45. The lowest BCUT2D eigenvalue weighted by Gasteiger charge is -2.23. The summed E-state index contributed by atoms with van der Waals surface area (Å²) in [5.41, 5.74) is 2.17. The fraction of sp³-hybridized carbons (Fsp3) is 0.190. The van der Waals surface area contributed by atoms with Gasteiger partial charge in [0.1, 0.15) is 13.2 Å². The predicted molar refractivity (Wildman–Crippen MR) is 102 cm³/mol. The molecule has 3 aromatic rings. The molecule has 132 valence electrons. The van der Waals surface area contributed by atoms with Crippen LogP contribution in [0.5, 0.6) is 11.5 Å². The van der Waals surface area contributed by atoms with Gasteiger partial charge in [-0.05, 0) is 41.1 Å². The van der Waals surface area contributed by atoms with E-state index < -0.39 is 0 Å². The molecule has 1 N–H and O–H groups in total. The van der Waals surface area contributed by atoms with Gasteiger partial charge in [0.15, 0.2) is 11.5 Å². The number of hydrogen-bond acceptors (Lipinski definition) is 4. The number of fused-ring (bicyclic) bond motifs is 1. The number of carbonyl (C=O) groups is 1. The average Bonchev–Trinajstić information content (AvgIpc) is 3.23. The molecule has 0 radical (unpaired) electrons. The molecule has 1 aliphatic heterocycles. The molecular weight excluding hydrogens is 346 g/mol. The largest absolute Gasteiger partial charge is 0.486 e. The number of hydrogen-bond donors (Lipinski definition) is 1. The smallest absolute Gasteiger partial charge is 0.261 e. The second kappa shape index (κ2) is 7.62. The lowest BCUT2D eigenvalue weighted by atomic mass is 9.98. The number of rotatable bonds is 5. The number of nitrogens with one attached hydrogen (secondary N) is 1. The Morgan fingerprint density at radius 1 is 1.00 bits per heavy atom. The van der Waals surface area contributed by atoms with Crippen LogP contribution in [0, 0.1) is 0 Å². The van der Waals surface area contributed by atoms with Gasteiger partial charge in [0.2, 0.25) is 0 Å². The van der Waals surface area contributed by atoms with E-state index in [9.17, 15) is 4.79 Å². The van der Waals surface area contributed by atoms with Crippen molar-refractivity contribution in [1.82, 2.24) is 5.32 Å². The fourth-order valence-electron chi connectivity index (χ4n) is 3.02. The monoisotopic (exact) mass is 365 g/mol. The third-order valence-corrected chi connectivity index (χ3v) is 5.17. The molecule has 5 heteroatoms. The maximum atomic E-state index is 12.6. The van der Waals surface area contributed by atoms with E-state index in [0.29, 0.717) is 24.5 Å². The lowest BCUT2D eigenvalue weighted by molar-refractivity contribution is 0.0940. The van der Waals surface area contributed by atoms with Crippen molar-refractivity contribution in [3.63, 3.8) is 0 Å². The summed E-state index contributed by atoms with van der Waals surface area (Å²) in [6.45, 7) is 1.11. The van der Waals surface area contributed by atoms with Crippen molar-refractivity contribution < 1.29 is 14.3 Å². The molecule has 0 bridgehead atoms. The highest BCUT2D eigenvalue weighted by atomic mass is 32.1. The standard InChI is InChI=1S/C21H19NO3S/c23-21(20-7-4-12-26-20)22-17(13-15-5-2-1-3-6-15)16-8-9-18-19(14-16)25-11-10-24-18/h1-9,12,14,17H,10-11,13H2,(H,22,23). The van der Waals surface area contributed by atoms with E-state index in [0.717, 1.165) is 17.1 Å². The Kier molecular flexibility index (Phi) is 4.88. The molecule has 26 heavy (non-hydrogen) atoms. The molecule has 0 spiro atoms. The summed E-state index contributed by atoms with van der Waals surface area (Å²) in [4.78, 5) is 13.3. The first-order valence-electron chi connectivity index (χ1n) is 8.57. The van der Waals surface area contributed by atoms with Crippen molar-refractivity contribution in [2.45, 2.75) is 12.5 Å². The molecule has 0 saturated carbocycles. The maximum Gasteiger partial charge on any atom is 0.261 e. The van der Waals surface area contributed by atoms with Gasteiger partial charge in [-0.15, -0.1) is 11.3 Å². The summed E-state index contributed by atoms with van der Waals surface area (Å²) in [5.74, 6) is 1.43. The summed E-state index contributed by atoms with van der Waals surface area (Å²) in [7, 11) is 0. The molecule has 2 heterocycles. The molecule has 1 amide bonds. The Morgan fingerprint density at radius 2 is 1.81 bits per heavy atom. The van der Waals surface area contributed by atoms with E-state index in [1.165, 1.54) is 16.9 Å². The van der Waals surface area contributed by atoms with Gasteiger partial charge in [-0.3, -0.25) is 4.79 Å². The highest BCUT2D eigenvalue weighted by Gasteiger charge is 2.20. The van der Waals surface area contributed by atoms with E-state index in [-0.39, 0.29) is 11.9 Å². The van der Waals surface area contributed by atoms with Crippen LogP contribution in [0.15, 0.2) is 66.0 Å². The highest BCUT2D eigenvalue weighted by Crippen LogP contribution is 2.33. The SMILES string of the molecule is O=C(NC(Cc1ccccc1)c1ccc2c(c1)OCCO2)c1cccs1. The van der Waals surface area contributed by atoms with Gasteiger partial charge in [-0.2, -0.15) is 0 Å². The Bertz CT molecular complexity index is 878. The molecule has 4 nitrogen and oxygen atoms in total. The van der Waals surface area contributed by atoms with Crippen molar-refractivity contribution in [3.05, 3.63) is 82.0 Å². The topological polar surface area (TPSA) is 47.6 Å². The minimum atomic E-state index is -0.150. The van der Waals surface area contributed by atoms with Crippen LogP contribution in [0.4, 0.5) is 0 Å². The number of amides is 1. The van der Waals surface area contributed by atoms with E-state index in [2.05, 4.69) is 17.4 Å². The third kappa shape index (κ3) is 3.73. The molecule has 0 aliphatic carbocycles. The van der Waals surface area contributed by atoms with Gasteiger partial charge < -0.3 is 14.8 Å². The Morgan fingerprint density at radius 3 is 2.58 bits per heavy atom. The van der Waals surface area contributed by atoms with Crippen LogP contribution in [-0.2, 0) is 6.42 Å². The second-order valence-electron chi connectivity index (χ2n) is 6.10. The second-order valence-corrected chi connectivity index (χ2v) is 7.04. The van der Waals surface area contributed by atoms with E-state index in [1.54, 1.807) is 0 Å². The van der Waals surface area contributed by atoms with Crippen molar-refractivity contribution in [2.24, 2.45) is 0 Å². The quantitative estimate of drug-likeness (QED) is 0.736. The van der Waals surface area contributed by atoms with Crippen LogP contribution in [0.3, 0.4) is 0 Å². The Hall–Kier alpha value is -2.79. The highest BCUT2D eigenvalue weighted by molar-refractivity contribution is 7.12. The zero-order valence-electron chi connectivity index (χ0n) is 14.2. The Balaban J connectivity index is 1.62. The van der Waals surface area contributed by atoms with E-state index >= 15 is 0 Å². The number of benzene rings is 2. The van der Waals surface area contributed by atoms with Gasteiger partial charge >= 0.3 is 0 Å². The third-order valence-electron chi connectivity index (χ3n) is 4.30. The van der Waals surface area contributed by atoms with Crippen LogP contribution in [0.25, 0.3) is 0 Å². The molecule has 4 rings (SSSR count). The van der Waals surface area contributed by atoms with Gasteiger partial charge in [-0.25, -0.2) is 0 Å². The summed E-state index contributed by atoms with van der Waals surface area (Å²) in [6.07, 6.45) is 0.706. The zero-order valence-corrected chi connectivity index (χ0v) is 15.0. The van der Waals surface area contributed by atoms with Crippen molar-refractivity contribution in [3.8, 4) is 11.5 Å². The average molecular weight is 365 g/mol. The minimum Gasteiger partial charge on any atom is -0.486 e. The summed E-state index contributed by atoms with van der Waals surface area (Å²) in [5, 5.41) is 5.07. The van der Waals surface area contributed by atoms with Crippen LogP contribution in [0.1, 0.15) is 26.8 Å². The normalized spacial score (nSPS) is 13.8. The minimum absolute atomic E-state index is 0.0594. The van der Waals surface area contributed by atoms with Crippen molar-refractivity contribution >= 4 is 17.2 Å². The first-order chi connectivity index (χ1) is 12.8. The van der Waals surface area contributed by atoms with Gasteiger partial charge in [0.25, 0.3) is 5.91 Å². The molecule has 1 atom stereocenters. The number of ether oxygens (including phenoxy) is 2. The van der Waals surface area contributed by atoms with Crippen LogP contribution >= 0.6 is 11.3 Å². The molecule has 1 unspecified atom stereocenters. The zero-order chi connectivity index (χ0) is 17.8. The summed E-state index contributed by atoms with van der Waals surface area (Å²) >= 11 is 1.44. The molecule has 1 aromatic heterocycles. The van der Waals surface area contributed by atoms with Gasteiger partial charge in [0, 0.05) is 0 Å². The van der Waals surface area contributed by atoms with Crippen LogP contribution < -0.4 is 14.8 Å². The molecular formula is C21H19NO3S. The Labute approximate surface area is 156 Å². The maximum absolute atomic E-state index is 12.6. The summed E-state index contributed by atoms with van der Waals surface area (Å²) < 4.78 is 11.3. The molecule has 2 aromatic carbocycles. The van der Waals surface area contributed by atoms with Gasteiger partial charge in [0.05, 0.1) is 10.9 Å². The van der Waals surface area contributed by atoms with Crippen LogP contribution in [0.2, 0.25) is 0 Å². The fourth-order valence-corrected chi connectivity index (χ4v) is 3.64. The van der Waals surface area contributed by atoms with Crippen molar-refractivity contribution in [2.75, 3.05) is 13.2 Å². The molecule has 0 saturated heterocycles. The van der Waals surface area contributed by atoms with Crippen LogP contribution in [-0.4, -0.2) is 19.1 Å². The van der Waals surface area contributed by atoms with E-state index in [4.69, 9.17) is 9.47 Å². The van der Waals surface area contributed by atoms with Crippen molar-refractivity contribution in [1.29, 1.82) is 0 Å². The number of carbonyl (C=O) groups excluding carboxylic acids is 1. The van der Waals surface area contributed by atoms with E-state index in [1.807, 2.05) is 53.9 Å². The predicted octanol–water partition coefficient (Wildman–Crippen LogP) is 4.23.